The van der Waals surface area contributed by atoms with Crippen LogP contribution in [0.4, 0.5) is 0 Å². The second-order valence-corrected chi connectivity index (χ2v) is 16.5. The van der Waals surface area contributed by atoms with Crippen LogP contribution in [0, 0.1) is 0 Å². The molecular weight excluding hydrogens is 749 g/mol. The van der Waals surface area contributed by atoms with Crippen LogP contribution in [0.5, 0.6) is 0 Å². The number of hydrogen-bond donors (Lipinski definition) is 0. The van der Waals surface area contributed by atoms with Crippen LogP contribution in [0.3, 0.4) is 0 Å². The summed E-state index contributed by atoms with van der Waals surface area (Å²) in [5.41, 5.74) is 14.3. The maximum absolute atomic E-state index is 2.39. The van der Waals surface area contributed by atoms with Gasteiger partial charge in [0.05, 0.1) is 22.1 Å². The Morgan fingerprint density at radius 2 is 0.613 bits per heavy atom. The maximum atomic E-state index is 2.39. The summed E-state index contributed by atoms with van der Waals surface area (Å²) in [6.45, 7) is 0. The minimum absolute atomic E-state index is 1.15. The van der Waals surface area contributed by atoms with Gasteiger partial charge in [0.2, 0.25) is 0 Å². The largest absolute Gasteiger partial charge is 0.309 e. The van der Waals surface area contributed by atoms with E-state index in [1.54, 1.807) is 0 Å². The highest BCUT2D eigenvalue weighted by molar-refractivity contribution is 6.18. The first-order valence-corrected chi connectivity index (χ1v) is 21.4. The number of rotatable bonds is 5. The molecule has 0 atom stereocenters. The highest BCUT2D eigenvalue weighted by atomic mass is 15.0. The fourth-order valence-electron chi connectivity index (χ4n) is 10.2. The van der Waals surface area contributed by atoms with E-state index in [-0.39, 0.29) is 0 Å². The Balaban J connectivity index is 0.951. The van der Waals surface area contributed by atoms with Crippen molar-refractivity contribution >= 4 is 75.9 Å². The Hall–Kier alpha value is -8.20. The van der Waals surface area contributed by atoms with E-state index in [1.807, 2.05) is 0 Å². The van der Waals surface area contributed by atoms with Crippen LogP contribution in [0.15, 0.2) is 231 Å². The van der Waals surface area contributed by atoms with Gasteiger partial charge in [-0.25, -0.2) is 0 Å². The van der Waals surface area contributed by atoms with Crippen molar-refractivity contribution in [3.63, 3.8) is 0 Å². The lowest BCUT2D eigenvalue weighted by Crippen LogP contribution is -1.94. The van der Waals surface area contributed by atoms with Gasteiger partial charge < -0.3 is 9.13 Å². The zero-order chi connectivity index (χ0) is 40.7. The number of para-hydroxylation sites is 4. The maximum Gasteiger partial charge on any atom is 0.0541 e. The van der Waals surface area contributed by atoms with Gasteiger partial charge in [0.15, 0.2) is 0 Å². The monoisotopic (exact) mass is 786 g/mol. The average Bonchev–Trinajstić information content (AvgIpc) is 3.87. The fraction of sp³-hybridized carbons (Fsp3) is 0. The lowest BCUT2D eigenvalue weighted by atomic mass is 9.89. The molecule has 0 unspecified atom stereocenters. The van der Waals surface area contributed by atoms with E-state index in [0.29, 0.717) is 0 Å². The third-order valence-corrected chi connectivity index (χ3v) is 13.1. The SMILES string of the molecule is c1ccc2c(c1)ccc1c3ccc(-c4cc(-c5ccc(-n6c7ccccc7c7ccccc76)cc5)ccc4-c4ccc(-n5c6ccccc6c6ccccc65)cc4)cc3ccc21. The predicted octanol–water partition coefficient (Wildman–Crippen LogP) is 16.3. The molecule has 0 aliphatic heterocycles. The quantitative estimate of drug-likeness (QED) is 0.154. The molecule has 0 amide bonds. The molecular formula is C60H38N2. The van der Waals surface area contributed by atoms with Crippen LogP contribution in [0.1, 0.15) is 0 Å². The minimum Gasteiger partial charge on any atom is -0.309 e. The van der Waals surface area contributed by atoms with Crippen molar-refractivity contribution in [3.05, 3.63) is 231 Å². The Labute approximate surface area is 358 Å². The first-order valence-electron chi connectivity index (χ1n) is 21.4. The molecule has 11 aromatic carbocycles. The van der Waals surface area contributed by atoms with Gasteiger partial charge in [-0.3, -0.25) is 0 Å². The number of benzene rings is 11. The Kier molecular flexibility index (Phi) is 7.64. The zero-order valence-electron chi connectivity index (χ0n) is 33.8. The Bertz CT molecular complexity index is 3790. The summed E-state index contributed by atoms with van der Waals surface area (Å²) in [6, 6.07) is 84.9. The summed E-state index contributed by atoms with van der Waals surface area (Å²) < 4.78 is 4.77. The van der Waals surface area contributed by atoms with Crippen LogP contribution in [-0.4, -0.2) is 9.13 Å². The summed E-state index contributed by atoms with van der Waals surface area (Å²) in [5.74, 6) is 0. The molecule has 0 spiro atoms. The van der Waals surface area contributed by atoms with E-state index < -0.39 is 0 Å². The Morgan fingerprint density at radius 1 is 0.210 bits per heavy atom. The second kappa shape index (κ2) is 13.7. The van der Waals surface area contributed by atoms with Crippen molar-refractivity contribution < 1.29 is 0 Å². The number of hydrogen-bond acceptors (Lipinski definition) is 0. The smallest absolute Gasteiger partial charge is 0.0541 e. The second-order valence-electron chi connectivity index (χ2n) is 16.5. The summed E-state index contributed by atoms with van der Waals surface area (Å²) in [6.07, 6.45) is 0. The number of nitrogens with zero attached hydrogens (tertiary/aromatic N) is 2. The molecule has 2 nitrogen and oxygen atoms in total. The van der Waals surface area contributed by atoms with Crippen LogP contribution in [-0.2, 0) is 0 Å². The van der Waals surface area contributed by atoms with E-state index in [9.17, 15) is 0 Å². The first-order chi connectivity index (χ1) is 30.7. The van der Waals surface area contributed by atoms with Crippen molar-refractivity contribution in [2.45, 2.75) is 0 Å². The lowest BCUT2D eigenvalue weighted by Gasteiger charge is -2.16. The van der Waals surface area contributed by atoms with Gasteiger partial charge in [0.25, 0.3) is 0 Å². The summed E-state index contributed by atoms with van der Waals surface area (Å²) in [4.78, 5) is 0. The molecule has 0 fully saturated rings. The molecule has 0 N–H and O–H groups in total. The molecule has 13 aromatic rings. The van der Waals surface area contributed by atoms with E-state index in [1.165, 1.54) is 109 Å². The minimum atomic E-state index is 1.15. The van der Waals surface area contributed by atoms with Gasteiger partial charge in [-0.15, -0.1) is 0 Å². The van der Waals surface area contributed by atoms with Crippen molar-refractivity contribution in [2.75, 3.05) is 0 Å². The van der Waals surface area contributed by atoms with Crippen molar-refractivity contribution in [2.24, 2.45) is 0 Å². The predicted molar refractivity (Wildman–Crippen MR) is 264 cm³/mol. The number of aromatic nitrogens is 2. The van der Waals surface area contributed by atoms with Gasteiger partial charge in [-0.1, -0.05) is 170 Å². The van der Waals surface area contributed by atoms with E-state index in [2.05, 4.69) is 240 Å². The normalized spacial score (nSPS) is 11.9. The van der Waals surface area contributed by atoms with E-state index in [4.69, 9.17) is 0 Å². The van der Waals surface area contributed by atoms with Gasteiger partial charge in [-0.05, 0) is 126 Å². The average molecular weight is 787 g/mol. The zero-order valence-corrected chi connectivity index (χ0v) is 33.8. The summed E-state index contributed by atoms with van der Waals surface area (Å²) >= 11 is 0. The Morgan fingerprint density at radius 3 is 1.16 bits per heavy atom. The van der Waals surface area contributed by atoms with Crippen molar-refractivity contribution in [1.82, 2.24) is 9.13 Å². The molecule has 2 heteroatoms. The van der Waals surface area contributed by atoms with E-state index >= 15 is 0 Å². The van der Waals surface area contributed by atoms with Crippen LogP contribution >= 0.6 is 0 Å². The van der Waals surface area contributed by atoms with Gasteiger partial charge in [0.1, 0.15) is 0 Å². The van der Waals surface area contributed by atoms with Gasteiger partial charge >= 0.3 is 0 Å². The van der Waals surface area contributed by atoms with Crippen LogP contribution < -0.4 is 0 Å². The van der Waals surface area contributed by atoms with Crippen LogP contribution in [0.25, 0.3) is 121 Å². The topological polar surface area (TPSA) is 9.86 Å². The summed E-state index contributed by atoms with van der Waals surface area (Å²) in [7, 11) is 0. The van der Waals surface area contributed by atoms with Crippen LogP contribution in [0.2, 0.25) is 0 Å². The molecule has 2 heterocycles. The highest BCUT2D eigenvalue weighted by Gasteiger charge is 2.16. The molecule has 0 saturated carbocycles. The number of fused-ring (bicyclic) bond motifs is 11. The fourth-order valence-corrected chi connectivity index (χ4v) is 10.2. The lowest BCUT2D eigenvalue weighted by molar-refractivity contribution is 1.18. The van der Waals surface area contributed by atoms with Crippen molar-refractivity contribution in [1.29, 1.82) is 0 Å². The molecule has 62 heavy (non-hydrogen) atoms. The molecule has 13 rings (SSSR count). The van der Waals surface area contributed by atoms with Gasteiger partial charge in [-0.2, -0.15) is 0 Å². The first kappa shape index (κ1) is 34.6. The highest BCUT2D eigenvalue weighted by Crippen LogP contribution is 2.41. The van der Waals surface area contributed by atoms with E-state index in [0.717, 1.165) is 11.4 Å². The third kappa shape index (κ3) is 5.30. The molecule has 2 aromatic heterocycles. The third-order valence-electron chi connectivity index (χ3n) is 13.1. The molecule has 0 bridgehead atoms. The molecule has 288 valence electrons. The standard InChI is InChI=1S/C60H38N2/c1-2-12-47-40(11-1)25-35-51-49-34-27-44(37-43(49)28-36-50(47)51)56-38-42(39-21-29-45(30-22-39)61-57-17-7-3-13-52(57)53-14-4-8-18-58(53)61)26-33-48(56)41-23-31-46(32-24-41)62-59-19-9-5-15-54(59)55-16-6-10-20-60(55)62/h1-38H. The molecule has 0 radical (unpaired) electrons. The molecule has 0 saturated heterocycles. The molecule has 0 aliphatic carbocycles. The summed E-state index contributed by atoms with van der Waals surface area (Å²) in [5, 5.41) is 12.7. The van der Waals surface area contributed by atoms with Gasteiger partial charge in [0, 0.05) is 32.9 Å². The molecule has 0 aliphatic rings. The van der Waals surface area contributed by atoms with Crippen molar-refractivity contribution in [3.8, 4) is 44.8 Å².